The van der Waals surface area contributed by atoms with Gasteiger partial charge >= 0.3 is 0 Å². The van der Waals surface area contributed by atoms with Gasteiger partial charge in [-0.15, -0.1) is 0 Å². The number of carbonyl (C=O) groups excluding carboxylic acids is 1. The van der Waals surface area contributed by atoms with E-state index >= 15 is 0 Å². The van der Waals surface area contributed by atoms with Crippen molar-refractivity contribution >= 4 is 17.7 Å². The number of nitrogens with zero attached hydrogens (tertiary/aromatic N) is 1. The fourth-order valence-electron chi connectivity index (χ4n) is 3.69. The summed E-state index contributed by atoms with van der Waals surface area (Å²) in [5, 5.41) is 3.04. The molecule has 2 heterocycles. The van der Waals surface area contributed by atoms with Crippen molar-refractivity contribution in [3.05, 3.63) is 95.7 Å². The lowest BCUT2D eigenvalue weighted by Crippen LogP contribution is -2.26. The molecule has 0 bridgehead atoms. The number of ether oxygens (including phenoxy) is 1. The highest BCUT2D eigenvalue weighted by Gasteiger charge is 2.18. The largest absolute Gasteiger partial charge is 0.473 e. The first kappa shape index (κ1) is 20.5. The van der Waals surface area contributed by atoms with Crippen LogP contribution in [0.5, 0.6) is 5.88 Å². The van der Waals surface area contributed by atoms with Crippen LogP contribution >= 0.6 is 11.8 Å². The van der Waals surface area contributed by atoms with Crippen LogP contribution in [-0.4, -0.2) is 35.0 Å². The lowest BCUT2D eigenvalue weighted by molar-refractivity contribution is 0.0952. The maximum Gasteiger partial charge on any atom is 0.252 e. The summed E-state index contributed by atoms with van der Waals surface area (Å²) in [6.07, 6.45) is 3.71. The summed E-state index contributed by atoms with van der Waals surface area (Å²) in [6, 6.07) is 24.4. The van der Waals surface area contributed by atoms with Crippen LogP contribution < -0.4 is 10.1 Å². The molecule has 1 aromatic heterocycles. The summed E-state index contributed by atoms with van der Waals surface area (Å²) >= 11 is 1.90. The number of pyridine rings is 1. The first-order chi connectivity index (χ1) is 14.8. The van der Waals surface area contributed by atoms with E-state index in [0.29, 0.717) is 18.0 Å². The number of aromatic nitrogens is 1. The molecule has 1 aliphatic rings. The number of nitrogens with one attached hydrogen (secondary N) is 1. The minimum Gasteiger partial charge on any atom is -0.473 e. The molecule has 1 N–H and O–H groups in total. The molecule has 0 spiro atoms. The Bertz CT molecular complexity index is 887. The first-order valence-corrected chi connectivity index (χ1v) is 11.5. The van der Waals surface area contributed by atoms with Crippen LogP contribution in [0, 0.1) is 0 Å². The third kappa shape index (κ3) is 5.42. The zero-order valence-electron chi connectivity index (χ0n) is 16.9. The van der Waals surface area contributed by atoms with Gasteiger partial charge in [-0.2, -0.15) is 11.8 Å². The monoisotopic (exact) mass is 418 g/mol. The van der Waals surface area contributed by atoms with E-state index in [1.807, 2.05) is 23.9 Å². The van der Waals surface area contributed by atoms with Gasteiger partial charge in [-0.3, -0.25) is 4.79 Å². The Balaban J connectivity index is 1.34. The summed E-state index contributed by atoms with van der Waals surface area (Å²) in [5.41, 5.74) is 3.07. The maximum atomic E-state index is 12.6. The highest BCUT2D eigenvalue weighted by Crippen LogP contribution is 2.27. The van der Waals surface area contributed by atoms with Crippen LogP contribution in [0.15, 0.2) is 79.0 Å². The SMILES string of the molecule is O=C(NCCC(c1ccccc1)c1ccccc1)c1ccc(OC2CCSC2)nc1. The Morgan fingerprint density at radius 1 is 1.03 bits per heavy atom. The maximum absolute atomic E-state index is 12.6. The third-order valence-electron chi connectivity index (χ3n) is 5.30. The standard InChI is InChI=1S/C25H26N2O2S/c28-25(21-11-12-24(27-17-21)29-22-14-16-30-18-22)26-15-13-23(19-7-3-1-4-8-19)20-9-5-2-6-10-20/h1-12,17,22-23H,13-16,18H2,(H,26,28). The highest BCUT2D eigenvalue weighted by molar-refractivity contribution is 7.99. The third-order valence-corrected chi connectivity index (χ3v) is 6.43. The zero-order chi connectivity index (χ0) is 20.6. The molecule has 0 aliphatic carbocycles. The van der Waals surface area contributed by atoms with Crippen LogP contribution in [0.25, 0.3) is 0 Å². The Morgan fingerprint density at radius 2 is 1.73 bits per heavy atom. The van der Waals surface area contributed by atoms with Gasteiger partial charge in [0.25, 0.3) is 5.91 Å². The Labute approximate surface area is 182 Å². The van der Waals surface area contributed by atoms with E-state index in [-0.39, 0.29) is 17.9 Å². The molecule has 1 aliphatic heterocycles. The molecule has 1 fully saturated rings. The molecule has 0 radical (unpaired) electrons. The second-order valence-electron chi connectivity index (χ2n) is 7.41. The summed E-state index contributed by atoms with van der Waals surface area (Å²) in [5.74, 6) is 2.87. The van der Waals surface area contributed by atoms with Crippen molar-refractivity contribution in [2.45, 2.75) is 24.9 Å². The minimum absolute atomic E-state index is 0.106. The Hall–Kier alpha value is -2.79. The molecule has 2 aromatic carbocycles. The predicted molar refractivity (Wildman–Crippen MR) is 122 cm³/mol. The molecule has 1 saturated heterocycles. The highest BCUT2D eigenvalue weighted by atomic mass is 32.2. The van der Waals surface area contributed by atoms with Gasteiger partial charge < -0.3 is 10.1 Å². The van der Waals surface area contributed by atoms with Crippen LogP contribution in [-0.2, 0) is 0 Å². The van der Waals surface area contributed by atoms with Gasteiger partial charge in [-0.1, -0.05) is 60.7 Å². The Morgan fingerprint density at radius 3 is 2.30 bits per heavy atom. The summed E-state index contributed by atoms with van der Waals surface area (Å²) in [7, 11) is 0. The average Bonchev–Trinajstić information content (AvgIpc) is 3.31. The fourth-order valence-corrected chi connectivity index (χ4v) is 4.78. The molecule has 0 saturated carbocycles. The zero-order valence-corrected chi connectivity index (χ0v) is 17.7. The topological polar surface area (TPSA) is 51.2 Å². The van der Waals surface area contributed by atoms with Gasteiger partial charge in [0.2, 0.25) is 5.88 Å². The number of amides is 1. The molecule has 4 rings (SSSR count). The normalized spacial score (nSPS) is 15.8. The van der Waals surface area contributed by atoms with Crippen LogP contribution in [0.2, 0.25) is 0 Å². The lowest BCUT2D eigenvalue weighted by Gasteiger charge is -2.18. The van der Waals surface area contributed by atoms with Crippen LogP contribution in [0.4, 0.5) is 0 Å². The summed E-state index contributed by atoms with van der Waals surface area (Å²) in [6.45, 7) is 0.588. The smallest absolute Gasteiger partial charge is 0.252 e. The first-order valence-electron chi connectivity index (χ1n) is 10.4. The van der Waals surface area contributed by atoms with E-state index < -0.39 is 0 Å². The van der Waals surface area contributed by atoms with Gasteiger partial charge in [0.15, 0.2) is 0 Å². The number of hydrogen-bond donors (Lipinski definition) is 1. The predicted octanol–water partition coefficient (Wildman–Crippen LogP) is 4.92. The lowest BCUT2D eigenvalue weighted by atomic mass is 9.88. The van der Waals surface area contributed by atoms with E-state index in [2.05, 4.69) is 58.8 Å². The fraction of sp³-hybridized carbons (Fsp3) is 0.280. The van der Waals surface area contributed by atoms with Crippen molar-refractivity contribution in [1.82, 2.24) is 10.3 Å². The number of thioether (sulfide) groups is 1. The van der Waals surface area contributed by atoms with Crippen LogP contribution in [0.3, 0.4) is 0 Å². The second kappa shape index (κ2) is 10.3. The van der Waals surface area contributed by atoms with Gasteiger partial charge in [0.1, 0.15) is 6.10 Å². The summed E-state index contributed by atoms with van der Waals surface area (Å²) < 4.78 is 5.86. The molecule has 1 unspecified atom stereocenters. The van der Waals surface area contributed by atoms with E-state index in [4.69, 9.17) is 4.74 Å². The molecule has 154 valence electrons. The van der Waals surface area contributed by atoms with Crippen molar-refractivity contribution in [3.63, 3.8) is 0 Å². The molecule has 3 aromatic rings. The molecular formula is C25H26N2O2S. The van der Waals surface area contributed by atoms with E-state index in [1.165, 1.54) is 11.1 Å². The van der Waals surface area contributed by atoms with Gasteiger partial charge in [0.05, 0.1) is 5.56 Å². The molecule has 5 heteroatoms. The summed E-state index contributed by atoms with van der Waals surface area (Å²) in [4.78, 5) is 16.9. The van der Waals surface area contributed by atoms with Crippen molar-refractivity contribution < 1.29 is 9.53 Å². The molecule has 4 nitrogen and oxygen atoms in total. The number of rotatable bonds is 8. The molecule has 1 atom stereocenters. The van der Waals surface area contributed by atoms with E-state index in [9.17, 15) is 4.79 Å². The van der Waals surface area contributed by atoms with Crippen molar-refractivity contribution in [3.8, 4) is 5.88 Å². The number of hydrogen-bond acceptors (Lipinski definition) is 4. The van der Waals surface area contributed by atoms with Crippen LogP contribution in [0.1, 0.15) is 40.2 Å². The molecule has 30 heavy (non-hydrogen) atoms. The van der Waals surface area contributed by atoms with Gasteiger partial charge in [-0.05, 0) is 35.8 Å². The minimum atomic E-state index is -0.106. The van der Waals surface area contributed by atoms with Crippen molar-refractivity contribution in [2.24, 2.45) is 0 Å². The average molecular weight is 419 g/mol. The van der Waals surface area contributed by atoms with Gasteiger partial charge in [-0.25, -0.2) is 4.98 Å². The number of benzene rings is 2. The van der Waals surface area contributed by atoms with Gasteiger partial charge in [0, 0.05) is 30.5 Å². The molecule has 1 amide bonds. The molecular weight excluding hydrogens is 392 g/mol. The number of carbonyl (C=O) groups is 1. The van der Waals surface area contributed by atoms with Crippen molar-refractivity contribution in [1.29, 1.82) is 0 Å². The van der Waals surface area contributed by atoms with Crippen molar-refractivity contribution in [2.75, 3.05) is 18.1 Å². The van der Waals surface area contributed by atoms with E-state index in [1.54, 1.807) is 18.3 Å². The quantitative estimate of drug-likeness (QED) is 0.564. The Kier molecular flexibility index (Phi) is 7.03. The second-order valence-corrected chi connectivity index (χ2v) is 8.56. The van der Waals surface area contributed by atoms with E-state index in [0.717, 1.165) is 24.3 Å².